The van der Waals surface area contributed by atoms with Gasteiger partial charge in [0.2, 0.25) is 12.7 Å². The van der Waals surface area contributed by atoms with E-state index in [2.05, 4.69) is 19.2 Å². The van der Waals surface area contributed by atoms with Crippen LogP contribution < -0.4 is 19.5 Å². The van der Waals surface area contributed by atoms with Gasteiger partial charge in [-0.15, -0.1) is 0 Å². The topological polar surface area (TPSA) is 103 Å². The smallest absolute Gasteiger partial charge is 0.278 e. The van der Waals surface area contributed by atoms with Gasteiger partial charge in [0, 0.05) is 18.8 Å². The monoisotopic (exact) mass is 441 g/mol. The maximum Gasteiger partial charge on any atom is 0.278 e. The minimum absolute atomic E-state index is 0.00354. The maximum atomic E-state index is 13.6. The van der Waals surface area contributed by atoms with Crippen molar-refractivity contribution in [2.24, 2.45) is 11.8 Å². The molecule has 2 heterocycles. The fourth-order valence-corrected chi connectivity index (χ4v) is 4.63. The SMILES string of the molecule is COc1ccc(NC(=O)[C@@H](c2cc3c(cc2[N+](=O)[O-])OCO3)N2C[C@H](C)C[C@H](C)C2)cc1. The number of nitro benzene ring substituents is 1. The van der Waals surface area contributed by atoms with Crippen LogP contribution in [-0.4, -0.2) is 42.7 Å². The molecule has 170 valence electrons. The summed E-state index contributed by atoms with van der Waals surface area (Å²) < 4.78 is 16.0. The Morgan fingerprint density at radius 3 is 2.38 bits per heavy atom. The van der Waals surface area contributed by atoms with E-state index in [9.17, 15) is 14.9 Å². The molecule has 1 amide bonds. The zero-order valence-electron chi connectivity index (χ0n) is 18.4. The number of carbonyl (C=O) groups is 1. The Bertz CT molecular complexity index is 1000. The molecule has 4 rings (SSSR count). The first-order chi connectivity index (χ1) is 15.4. The zero-order chi connectivity index (χ0) is 22.8. The molecule has 9 nitrogen and oxygen atoms in total. The lowest BCUT2D eigenvalue weighted by Gasteiger charge is -2.39. The van der Waals surface area contributed by atoms with Crippen molar-refractivity contribution in [3.63, 3.8) is 0 Å². The highest BCUT2D eigenvalue weighted by molar-refractivity contribution is 5.96. The number of piperidine rings is 1. The van der Waals surface area contributed by atoms with Crippen molar-refractivity contribution in [2.75, 3.05) is 32.3 Å². The number of ether oxygens (including phenoxy) is 3. The first kappa shape index (κ1) is 21.9. The summed E-state index contributed by atoms with van der Waals surface area (Å²) in [6.45, 7) is 5.59. The van der Waals surface area contributed by atoms with E-state index in [1.807, 2.05) is 4.90 Å². The third-order valence-electron chi connectivity index (χ3n) is 5.88. The van der Waals surface area contributed by atoms with Gasteiger partial charge in [0.25, 0.3) is 5.69 Å². The van der Waals surface area contributed by atoms with Crippen molar-refractivity contribution in [1.29, 1.82) is 0 Å². The van der Waals surface area contributed by atoms with Crippen LogP contribution in [0.5, 0.6) is 17.2 Å². The van der Waals surface area contributed by atoms with E-state index >= 15 is 0 Å². The summed E-state index contributed by atoms with van der Waals surface area (Å²) >= 11 is 0. The third kappa shape index (κ3) is 4.47. The molecule has 0 bridgehead atoms. The molecule has 2 aromatic rings. The zero-order valence-corrected chi connectivity index (χ0v) is 18.4. The van der Waals surface area contributed by atoms with E-state index in [-0.39, 0.29) is 18.4 Å². The number of nitrogens with zero attached hydrogens (tertiary/aromatic N) is 2. The lowest BCUT2D eigenvalue weighted by Crippen LogP contribution is -2.45. The van der Waals surface area contributed by atoms with Gasteiger partial charge in [-0.25, -0.2) is 0 Å². The van der Waals surface area contributed by atoms with Crippen LogP contribution in [0.4, 0.5) is 11.4 Å². The van der Waals surface area contributed by atoms with Crippen LogP contribution in [0.25, 0.3) is 0 Å². The quantitative estimate of drug-likeness (QED) is 0.534. The second-order valence-electron chi connectivity index (χ2n) is 8.54. The standard InChI is InChI=1S/C23H27N3O6/c1-14-8-15(2)12-25(11-14)22(23(27)24-16-4-6-17(30-3)7-5-16)18-9-20-21(32-13-31-20)10-19(18)26(28)29/h4-7,9-10,14-15,22H,8,11-13H2,1-3H3,(H,24,27)/t14-,15+,22-/m1/s1. The molecular formula is C23H27N3O6. The Morgan fingerprint density at radius 2 is 1.78 bits per heavy atom. The molecule has 32 heavy (non-hydrogen) atoms. The first-order valence-corrected chi connectivity index (χ1v) is 10.6. The van der Waals surface area contributed by atoms with Gasteiger partial charge in [0.15, 0.2) is 11.5 Å². The fourth-order valence-electron chi connectivity index (χ4n) is 4.63. The average molecular weight is 441 g/mol. The summed E-state index contributed by atoms with van der Waals surface area (Å²) in [5.41, 5.74) is 0.726. The van der Waals surface area contributed by atoms with Crippen molar-refractivity contribution < 1.29 is 23.9 Å². The van der Waals surface area contributed by atoms with Crippen LogP contribution in [0.2, 0.25) is 0 Å². The summed E-state index contributed by atoms with van der Waals surface area (Å²) in [6.07, 6.45) is 1.05. The minimum Gasteiger partial charge on any atom is -0.497 e. The highest BCUT2D eigenvalue weighted by Gasteiger charge is 2.38. The van der Waals surface area contributed by atoms with Crippen LogP contribution in [0.3, 0.4) is 0 Å². The number of benzene rings is 2. The molecule has 2 aliphatic rings. The molecule has 0 saturated carbocycles. The van der Waals surface area contributed by atoms with Crippen LogP contribution in [0, 0.1) is 22.0 Å². The van der Waals surface area contributed by atoms with Gasteiger partial charge in [-0.05, 0) is 48.6 Å². The molecule has 1 N–H and O–H groups in total. The van der Waals surface area contributed by atoms with E-state index < -0.39 is 11.0 Å². The number of nitro groups is 1. The van der Waals surface area contributed by atoms with Crippen molar-refractivity contribution in [3.8, 4) is 17.2 Å². The Balaban J connectivity index is 1.74. The predicted molar refractivity (Wildman–Crippen MR) is 118 cm³/mol. The van der Waals surface area contributed by atoms with E-state index in [1.165, 1.54) is 6.07 Å². The highest BCUT2D eigenvalue weighted by Crippen LogP contribution is 2.43. The van der Waals surface area contributed by atoms with Crippen molar-refractivity contribution in [3.05, 3.63) is 52.1 Å². The Kier molecular flexibility index (Phi) is 6.18. The molecule has 2 aliphatic heterocycles. The van der Waals surface area contributed by atoms with Crippen LogP contribution in [-0.2, 0) is 4.79 Å². The van der Waals surface area contributed by atoms with Gasteiger partial charge in [0.1, 0.15) is 11.8 Å². The summed E-state index contributed by atoms with van der Waals surface area (Å²) in [5.74, 6) is 1.79. The predicted octanol–water partition coefficient (Wildman–Crippen LogP) is 3.99. The van der Waals surface area contributed by atoms with Crippen molar-refractivity contribution in [1.82, 2.24) is 4.90 Å². The second kappa shape index (κ2) is 9.04. The van der Waals surface area contributed by atoms with Crippen molar-refractivity contribution >= 4 is 17.3 Å². The van der Waals surface area contributed by atoms with Crippen LogP contribution in [0.1, 0.15) is 31.9 Å². The highest BCUT2D eigenvalue weighted by atomic mass is 16.7. The maximum absolute atomic E-state index is 13.6. The molecule has 0 aromatic heterocycles. The number of methoxy groups -OCH3 is 1. The lowest BCUT2D eigenvalue weighted by atomic mass is 9.89. The van der Waals surface area contributed by atoms with Gasteiger partial charge in [-0.1, -0.05) is 13.8 Å². The Labute approximate surface area is 186 Å². The number of hydrogen-bond acceptors (Lipinski definition) is 7. The molecule has 0 aliphatic carbocycles. The minimum atomic E-state index is -0.850. The number of fused-ring (bicyclic) bond motifs is 1. The van der Waals surface area contributed by atoms with Gasteiger partial charge in [0.05, 0.1) is 23.7 Å². The van der Waals surface area contributed by atoms with Gasteiger partial charge < -0.3 is 19.5 Å². The molecule has 2 aromatic carbocycles. The van der Waals surface area contributed by atoms with E-state index in [0.717, 1.165) is 6.42 Å². The number of likely N-dealkylation sites (tertiary alicyclic amines) is 1. The van der Waals surface area contributed by atoms with E-state index in [0.29, 0.717) is 53.4 Å². The first-order valence-electron chi connectivity index (χ1n) is 10.6. The average Bonchev–Trinajstić information content (AvgIpc) is 3.20. The van der Waals surface area contributed by atoms with Gasteiger partial charge in [-0.3, -0.25) is 19.8 Å². The third-order valence-corrected chi connectivity index (χ3v) is 5.88. The lowest BCUT2D eigenvalue weighted by molar-refractivity contribution is -0.386. The van der Waals surface area contributed by atoms with Crippen LogP contribution in [0.15, 0.2) is 36.4 Å². The molecule has 0 spiro atoms. The van der Waals surface area contributed by atoms with Crippen LogP contribution >= 0.6 is 0 Å². The molecule has 1 fully saturated rings. The molecule has 0 radical (unpaired) electrons. The Morgan fingerprint density at radius 1 is 1.16 bits per heavy atom. The number of rotatable bonds is 6. The Hall–Kier alpha value is -3.33. The number of carbonyl (C=O) groups excluding carboxylic acids is 1. The number of amides is 1. The van der Waals surface area contributed by atoms with E-state index in [1.54, 1.807) is 37.4 Å². The normalized spacial score (nSPS) is 21.1. The molecule has 0 unspecified atom stereocenters. The summed E-state index contributed by atoms with van der Waals surface area (Å²) in [5, 5.41) is 14.9. The van der Waals surface area contributed by atoms with E-state index in [4.69, 9.17) is 14.2 Å². The number of anilines is 1. The number of hydrogen-bond donors (Lipinski definition) is 1. The molecule has 3 atom stereocenters. The van der Waals surface area contributed by atoms with Crippen molar-refractivity contribution in [2.45, 2.75) is 26.3 Å². The molecular weight excluding hydrogens is 414 g/mol. The number of nitrogens with one attached hydrogen (secondary N) is 1. The molecule has 1 saturated heterocycles. The fraction of sp³-hybridized carbons (Fsp3) is 0.435. The second-order valence-corrected chi connectivity index (χ2v) is 8.54. The summed E-state index contributed by atoms with van der Waals surface area (Å²) in [7, 11) is 1.57. The van der Waals surface area contributed by atoms with Gasteiger partial charge >= 0.3 is 0 Å². The largest absolute Gasteiger partial charge is 0.497 e. The summed E-state index contributed by atoms with van der Waals surface area (Å²) in [6, 6.07) is 9.05. The summed E-state index contributed by atoms with van der Waals surface area (Å²) in [4.78, 5) is 27.1. The molecule has 9 heteroatoms. The van der Waals surface area contributed by atoms with Gasteiger partial charge in [-0.2, -0.15) is 0 Å².